The van der Waals surface area contributed by atoms with Gasteiger partial charge in [0.15, 0.2) is 0 Å². The smallest absolute Gasteiger partial charge is 0.220 e. The van der Waals surface area contributed by atoms with Crippen LogP contribution in [0.15, 0.2) is 24.3 Å². The van der Waals surface area contributed by atoms with Crippen molar-refractivity contribution in [1.82, 2.24) is 10.6 Å². The molecule has 0 aromatic heterocycles. The summed E-state index contributed by atoms with van der Waals surface area (Å²) in [6.45, 7) is 2.96. The molecule has 2 fully saturated rings. The van der Waals surface area contributed by atoms with Crippen LogP contribution in [0, 0.1) is 5.92 Å². The maximum atomic E-state index is 12.4. The van der Waals surface area contributed by atoms with Crippen LogP contribution in [0.5, 0.6) is 5.75 Å². The van der Waals surface area contributed by atoms with Crippen LogP contribution in [0.3, 0.4) is 0 Å². The first-order valence-corrected chi connectivity index (χ1v) is 9.84. The fraction of sp³-hybridized carbons (Fsp3) is 0.667. The van der Waals surface area contributed by atoms with Crippen molar-refractivity contribution in [2.75, 3.05) is 26.7 Å². The van der Waals surface area contributed by atoms with Gasteiger partial charge in [0, 0.05) is 18.4 Å². The summed E-state index contributed by atoms with van der Waals surface area (Å²) in [5, 5.41) is 6.63. The molecule has 0 unspecified atom stereocenters. The monoisotopic (exact) mass is 380 g/mol. The molecule has 1 aliphatic heterocycles. The molecule has 1 aromatic carbocycles. The Morgan fingerprint density at radius 3 is 2.69 bits per heavy atom. The number of piperidine rings is 1. The molecule has 1 saturated heterocycles. The lowest BCUT2D eigenvalue weighted by Gasteiger charge is -2.30. The summed E-state index contributed by atoms with van der Waals surface area (Å²) in [7, 11) is 1.71. The molecule has 1 aromatic rings. The summed E-state index contributed by atoms with van der Waals surface area (Å²) >= 11 is 0. The second-order valence-corrected chi connectivity index (χ2v) is 7.73. The number of rotatable bonds is 7. The minimum atomic E-state index is 0. The van der Waals surface area contributed by atoms with E-state index in [4.69, 9.17) is 4.74 Å². The van der Waals surface area contributed by atoms with Gasteiger partial charge in [0.1, 0.15) is 5.75 Å². The minimum absolute atomic E-state index is 0. The maximum Gasteiger partial charge on any atom is 0.220 e. The third-order valence-corrected chi connectivity index (χ3v) is 6.11. The van der Waals surface area contributed by atoms with Gasteiger partial charge in [-0.2, -0.15) is 0 Å². The van der Waals surface area contributed by atoms with Crippen molar-refractivity contribution < 1.29 is 9.53 Å². The van der Waals surface area contributed by atoms with Crippen molar-refractivity contribution in [3.8, 4) is 5.75 Å². The van der Waals surface area contributed by atoms with Gasteiger partial charge < -0.3 is 15.4 Å². The summed E-state index contributed by atoms with van der Waals surface area (Å²) in [6, 6.07) is 8.39. The first kappa shape index (κ1) is 21.0. The van der Waals surface area contributed by atoms with Crippen LogP contribution in [-0.2, 0) is 10.2 Å². The zero-order valence-electron chi connectivity index (χ0n) is 15.9. The van der Waals surface area contributed by atoms with Crippen LogP contribution >= 0.6 is 12.4 Å². The van der Waals surface area contributed by atoms with Crippen LogP contribution in [0.4, 0.5) is 0 Å². The highest BCUT2D eigenvalue weighted by atomic mass is 35.5. The molecule has 0 radical (unpaired) electrons. The molecule has 4 nitrogen and oxygen atoms in total. The Morgan fingerprint density at radius 2 is 2.00 bits per heavy atom. The lowest BCUT2D eigenvalue weighted by Crippen LogP contribution is -2.39. The molecule has 3 rings (SSSR count). The molecule has 0 atom stereocenters. The Balaban J connectivity index is 0.00000243. The van der Waals surface area contributed by atoms with Crippen molar-refractivity contribution in [1.29, 1.82) is 0 Å². The van der Waals surface area contributed by atoms with E-state index in [1.807, 2.05) is 6.07 Å². The van der Waals surface area contributed by atoms with E-state index in [0.717, 1.165) is 44.6 Å². The highest BCUT2D eigenvalue weighted by Gasteiger charge is 2.36. The van der Waals surface area contributed by atoms with Gasteiger partial charge in [-0.15, -0.1) is 12.4 Å². The Labute approximate surface area is 163 Å². The van der Waals surface area contributed by atoms with Gasteiger partial charge >= 0.3 is 0 Å². The topological polar surface area (TPSA) is 50.4 Å². The van der Waals surface area contributed by atoms with Gasteiger partial charge in [-0.3, -0.25) is 4.79 Å². The van der Waals surface area contributed by atoms with Gasteiger partial charge in [0.2, 0.25) is 5.91 Å². The summed E-state index contributed by atoms with van der Waals surface area (Å²) in [5.41, 5.74) is 1.39. The number of ether oxygens (including phenoxy) is 1. The maximum absolute atomic E-state index is 12.4. The highest BCUT2D eigenvalue weighted by molar-refractivity contribution is 5.85. The summed E-state index contributed by atoms with van der Waals surface area (Å²) in [5.74, 6) is 1.83. The van der Waals surface area contributed by atoms with Gasteiger partial charge in [-0.25, -0.2) is 0 Å². The number of carbonyl (C=O) groups is 1. The first-order chi connectivity index (χ1) is 12.2. The zero-order valence-corrected chi connectivity index (χ0v) is 16.7. The molecular formula is C21H33ClN2O2. The number of carbonyl (C=O) groups excluding carboxylic acids is 1. The van der Waals surface area contributed by atoms with E-state index in [0.29, 0.717) is 12.3 Å². The Kier molecular flexibility index (Phi) is 8.23. The minimum Gasteiger partial charge on any atom is -0.497 e. The van der Waals surface area contributed by atoms with Crippen molar-refractivity contribution in [3.63, 3.8) is 0 Å². The van der Waals surface area contributed by atoms with E-state index >= 15 is 0 Å². The van der Waals surface area contributed by atoms with Crippen LogP contribution < -0.4 is 15.4 Å². The standard InChI is InChI=1S/C21H32N2O2.ClH/c1-25-19-6-4-5-18(15-19)21(11-2-3-12-21)16-23-20(24)8-7-17-9-13-22-14-10-17;/h4-6,15,17,22H,2-3,7-14,16H2,1H3,(H,23,24);1H. The number of halogens is 1. The molecule has 146 valence electrons. The average molecular weight is 381 g/mol. The molecule has 2 aliphatic rings. The summed E-state index contributed by atoms with van der Waals surface area (Å²) in [4.78, 5) is 12.4. The van der Waals surface area contributed by atoms with Crippen LogP contribution in [-0.4, -0.2) is 32.7 Å². The molecular weight excluding hydrogens is 348 g/mol. The largest absolute Gasteiger partial charge is 0.497 e. The Bertz CT molecular complexity index is 567. The van der Waals surface area contributed by atoms with Crippen molar-refractivity contribution in [2.24, 2.45) is 5.92 Å². The van der Waals surface area contributed by atoms with E-state index < -0.39 is 0 Å². The second-order valence-electron chi connectivity index (χ2n) is 7.73. The fourth-order valence-electron chi connectivity index (χ4n) is 4.43. The van der Waals surface area contributed by atoms with Gasteiger partial charge in [0.25, 0.3) is 0 Å². The zero-order chi connectivity index (χ0) is 17.5. The Morgan fingerprint density at radius 1 is 1.27 bits per heavy atom. The molecule has 0 spiro atoms. The van der Waals surface area contributed by atoms with E-state index in [-0.39, 0.29) is 23.7 Å². The molecule has 2 N–H and O–H groups in total. The van der Waals surface area contributed by atoms with E-state index in [1.165, 1.54) is 31.2 Å². The number of hydrogen-bond acceptors (Lipinski definition) is 3. The lowest BCUT2D eigenvalue weighted by molar-refractivity contribution is -0.121. The summed E-state index contributed by atoms with van der Waals surface area (Å²) in [6.07, 6.45) is 8.88. The van der Waals surface area contributed by atoms with Gasteiger partial charge in [-0.1, -0.05) is 25.0 Å². The Hall–Kier alpha value is -1.26. The van der Waals surface area contributed by atoms with E-state index in [1.54, 1.807) is 7.11 Å². The van der Waals surface area contributed by atoms with Crippen molar-refractivity contribution in [2.45, 2.75) is 56.8 Å². The normalized spacial score (nSPS) is 19.6. The van der Waals surface area contributed by atoms with E-state index in [9.17, 15) is 4.79 Å². The molecule has 1 saturated carbocycles. The number of amides is 1. The second kappa shape index (κ2) is 10.2. The first-order valence-electron chi connectivity index (χ1n) is 9.84. The molecule has 1 amide bonds. The van der Waals surface area contributed by atoms with Gasteiger partial charge in [-0.05, 0) is 68.8 Å². The predicted molar refractivity (Wildman–Crippen MR) is 108 cm³/mol. The molecule has 0 bridgehead atoms. The molecule has 26 heavy (non-hydrogen) atoms. The number of hydrogen-bond donors (Lipinski definition) is 2. The third kappa shape index (κ3) is 5.37. The lowest BCUT2D eigenvalue weighted by atomic mass is 9.78. The summed E-state index contributed by atoms with van der Waals surface area (Å²) < 4.78 is 5.40. The fourth-order valence-corrected chi connectivity index (χ4v) is 4.43. The van der Waals surface area contributed by atoms with Crippen molar-refractivity contribution >= 4 is 18.3 Å². The average Bonchev–Trinajstić information content (AvgIpc) is 3.16. The number of methoxy groups -OCH3 is 1. The van der Waals surface area contributed by atoms with Crippen LogP contribution in [0.2, 0.25) is 0 Å². The number of benzene rings is 1. The molecule has 1 aliphatic carbocycles. The van der Waals surface area contributed by atoms with Gasteiger partial charge in [0.05, 0.1) is 7.11 Å². The molecule has 5 heteroatoms. The quantitative estimate of drug-likeness (QED) is 0.755. The molecule has 1 heterocycles. The van der Waals surface area contributed by atoms with E-state index in [2.05, 4.69) is 28.8 Å². The van der Waals surface area contributed by atoms with Crippen LogP contribution in [0.1, 0.15) is 56.9 Å². The predicted octanol–water partition coefficient (Wildman–Crippen LogP) is 3.82. The highest BCUT2D eigenvalue weighted by Crippen LogP contribution is 2.41. The third-order valence-electron chi connectivity index (χ3n) is 6.11. The van der Waals surface area contributed by atoms with Crippen LogP contribution in [0.25, 0.3) is 0 Å². The van der Waals surface area contributed by atoms with Crippen molar-refractivity contribution in [3.05, 3.63) is 29.8 Å². The SMILES string of the molecule is COc1cccc(C2(CNC(=O)CCC3CCNCC3)CCCC2)c1.Cl. The number of nitrogens with one attached hydrogen (secondary N) is 2.